The lowest BCUT2D eigenvalue weighted by molar-refractivity contribution is 0.00949. The Kier molecular flexibility index (Phi) is 8.27. The molecule has 0 spiro atoms. The van der Waals surface area contributed by atoms with Gasteiger partial charge >= 0.3 is 0 Å². The zero-order chi connectivity index (χ0) is 19.8. The molecule has 1 saturated carbocycles. The zero-order valence-corrected chi connectivity index (χ0v) is 16.9. The second-order valence-corrected chi connectivity index (χ2v) is 7.82. The van der Waals surface area contributed by atoms with E-state index in [-0.39, 0.29) is 11.9 Å². The number of hydrogen-bond acceptors (Lipinski definition) is 7. The van der Waals surface area contributed by atoms with E-state index in [4.69, 9.17) is 9.15 Å². The zero-order valence-electron chi connectivity index (χ0n) is 16.9. The first kappa shape index (κ1) is 21.2. The Morgan fingerprint density at radius 3 is 2.71 bits per heavy atom. The predicted octanol–water partition coefficient (Wildman–Crippen LogP) is 1.25. The van der Waals surface area contributed by atoms with E-state index in [1.165, 1.54) is 25.5 Å². The SMILES string of the molecule is CCOCC(O)CN1CCN(Cc2nc(C(=O)NC3CCCCC3)co2)CC1. The first-order valence-corrected chi connectivity index (χ1v) is 10.6. The summed E-state index contributed by atoms with van der Waals surface area (Å²) in [7, 11) is 0. The maximum absolute atomic E-state index is 12.4. The number of carbonyl (C=O) groups is 1. The first-order chi connectivity index (χ1) is 13.6. The molecule has 1 atom stereocenters. The Labute approximate surface area is 167 Å². The summed E-state index contributed by atoms with van der Waals surface area (Å²) in [5, 5.41) is 13.0. The molecule has 1 aliphatic carbocycles. The third-order valence-electron chi connectivity index (χ3n) is 5.53. The van der Waals surface area contributed by atoms with Crippen molar-refractivity contribution in [1.82, 2.24) is 20.1 Å². The van der Waals surface area contributed by atoms with Crippen molar-refractivity contribution in [2.75, 3.05) is 45.9 Å². The molecule has 8 heteroatoms. The number of piperazine rings is 1. The Balaban J connectivity index is 1.39. The molecule has 8 nitrogen and oxygen atoms in total. The van der Waals surface area contributed by atoms with Gasteiger partial charge in [-0.3, -0.25) is 14.6 Å². The average Bonchev–Trinajstić information content (AvgIpc) is 3.17. The highest BCUT2D eigenvalue weighted by Gasteiger charge is 2.22. The number of β-amino-alcohol motifs (C(OH)–C–C–N with tert-alkyl or cyclic N) is 1. The van der Waals surface area contributed by atoms with Crippen LogP contribution >= 0.6 is 0 Å². The summed E-state index contributed by atoms with van der Waals surface area (Å²) in [5.41, 5.74) is 0.373. The number of nitrogens with one attached hydrogen (secondary N) is 1. The minimum atomic E-state index is -0.441. The Morgan fingerprint density at radius 1 is 1.29 bits per heavy atom. The minimum Gasteiger partial charge on any atom is -0.447 e. The molecular weight excluding hydrogens is 360 g/mol. The Hall–Kier alpha value is -1.48. The van der Waals surface area contributed by atoms with Crippen molar-refractivity contribution >= 4 is 5.91 Å². The summed E-state index contributed by atoms with van der Waals surface area (Å²) < 4.78 is 10.8. The molecule has 3 rings (SSSR count). The molecule has 2 heterocycles. The molecule has 2 fully saturated rings. The van der Waals surface area contributed by atoms with E-state index in [1.54, 1.807) is 0 Å². The fraction of sp³-hybridized carbons (Fsp3) is 0.800. The highest BCUT2D eigenvalue weighted by molar-refractivity contribution is 5.92. The summed E-state index contributed by atoms with van der Waals surface area (Å²) in [6.45, 7) is 7.72. The van der Waals surface area contributed by atoms with Crippen LogP contribution in [0.2, 0.25) is 0 Å². The van der Waals surface area contributed by atoms with Crippen LogP contribution in [0.15, 0.2) is 10.7 Å². The van der Waals surface area contributed by atoms with Crippen molar-refractivity contribution in [3.8, 4) is 0 Å². The highest BCUT2D eigenvalue weighted by Crippen LogP contribution is 2.18. The lowest BCUT2D eigenvalue weighted by Crippen LogP contribution is -2.48. The molecule has 1 unspecified atom stereocenters. The molecule has 28 heavy (non-hydrogen) atoms. The molecule has 2 N–H and O–H groups in total. The largest absolute Gasteiger partial charge is 0.447 e. The second kappa shape index (κ2) is 10.9. The van der Waals surface area contributed by atoms with Crippen molar-refractivity contribution in [3.05, 3.63) is 17.8 Å². The van der Waals surface area contributed by atoms with Crippen LogP contribution in [0.4, 0.5) is 0 Å². The molecule has 1 aliphatic heterocycles. The topological polar surface area (TPSA) is 91.1 Å². The van der Waals surface area contributed by atoms with Crippen LogP contribution in [0.1, 0.15) is 55.4 Å². The second-order valence-electron chi connectivity index (χ2n) is 7.82. The normalized spacial score (nSPS) is 20.9. The molecular formula is C20H34N4O4. The smallest absolute Gasteiger partial charge is 0.273 e. The molecule has 1 aromatic rings. The number of rotatable bonds is 9. The molecule has 2 aliphatic rings. The fourth-order valence-corrected chi connectivity index (χ4v) is 3.92. The number of ether oxygens (including phenoxy) is 1. The van der Waals surface area contributed by atoms with Crippen molar-refractivity contribution < 1.29 is 19.1 Å². The van der Waals surface area contributed by atoms with E-state index in [0.29, 0.717) is 37.9 Å². The lowest BCUT2D eigenvalue weighted by atomic mass is 9.95. The summed E-state index contributed by atoms with van der Waals surface area (Å²) in [6.07, 6.45) is 6.77. The monoisotopic (exact) mass is 394 g/mol. The van der Waals surface area contributed by atoms with E-state index in [0.717, 1.165) is 39.0 Å². The third kappa shape index (κ3) is 6.55. The molecule has 0 bridgehead atoms. The Bertz CT molecular complexity index is 595. The van der Waals surface area contributed by atoms with Crippen LogP contribution in [0.5, 0.6) is 0 Å². The number of nitrogens with zero attached hydrogens (tertiary/aromatic N) is 3. The maximum atomic E-state index is 12.4. The molecule has 0 aromatic carbocycles. The molecule has 158 valence electrons. The van der Waals surface area contributed by atoms with E-state index in [1.807, 2.05) is 6.92 Å². The van der Waals surface area contributed by atoms with Crippen LogP contribution in [-0.4, -0.2) is 83.9 Å². The van der Waals surface area contributed by atoms with E-state index in [2.05, 4.69) is 20.1 Å². The van der Waals surface area contributed by atoms with Gasteiger partial charge in [-0.25, -0.2) is 4.98 Å². The number of hydrogen-bond donors (Lipinski definition) is 2. The van der Waals surface area contributed by atoms with Gasteiger partial charge in [0.2, 0.25) is 5.89 Å². The van der Waals surface area contributed by atoms with Crippen molar-refractivity contribution in [2.24, 2.45) is 0 Å². The third-order valence-corrected chi connectivity index (χ3v) is 5.53. The van der Waals surface area contributed by atoms with Gasteiger partial charge in [0.05, 0.1) is 19.3 Å². The van der Waals surface area contributed by atoms with Crippen LogP contribution in [-0.2, 0) is 11.3 Å². The van der Waals surface area contributed by atoms with E-state index in [9.17, 15) is 9.90 Å². The van der Waals surface area contributed by atoms with Crippen LogP contribution < -0.4 is 5.32 Å². The Morgan fingerprint density at radius 2 is 2.00 bits per heavy atom. The maximum Gasteiger partial charge on any atom is 0.273 e. The number of aliphatic hydroxyl groups excluding tert-OH is 1. The van der Waals surface area contributed by atoms with Gasteiger partial charge < -0.3 is 19.6 Å². The van der Waals surface area contributed by atoms with Gasteiger partial charge in [-0.2, -0.15) is 0 Å². The number of oxazole rings is 1. The average molecular weight is 395 g/mol. The summed E-state index contributed by atoms with van der Waals surface area (Å²) >= 11 is 0. The highest BCUT2D eigenvalue weighted by atomic mass is 16.5. The van der Waals surface area contributed by atoms with Gasteiger partial charge in [0, 0.05) is 45.4 Å². The number of aromatic nitrogens is 1. The van der Waals surface area contributed by atoms with Crippen molar-refractivity contribution in [3.63, 3.8) is 0 Å². The molecule has 1 saturated heterocycles. The number of carbonyl (C=O) groups excluding carboxylic acids is 1. The molecule has 0 radical (unpaired) electrons. The van der Waals surface area contributed by atoms with Gasteiger partial charge in [0.1, 0.15) is 6.26 Å². The van der Waals surface area contributed by atoms with Gasteiger partial charge in [-0.05, 0) is 19.8 Å². The lowest BCUT2D eigenvalue weighted by Gasteiger charge is -2.34. The van der Waals surface area contributed by atoms with Gasteiger partial charge in [-0.1, -0.05) is 19.3 Å². The van der Waals surface area contributed by atoms with Crippen LogP contribution in [0, 0.1) is 0 Å². The predicted molar refractivity (Wildman–Crippen MR) is 105 cm³/mol. The van der Waals surface area contributed by atoms with Crippen molar-refractivity contribution in [1.29, 1.82) is 0 Å². The standard InChI is InChI=1S/C20H34N4O4/c1-2-27-14-17(25)12-23-8-10-24(11-9-23)13-19-22-18(15-28-19)20(26)21-16-6-4-3-5-7-16/h15-17,25H,2-14H2,1H3,(H,21,26). The van der Waals surface area contributed by atoms with Gasteiger partial charge in [0.25, 0.3) is 5.91 Å². The molecule has 1 aromatic heterocycles. The number of aliphatic hydroxyl groups is 1. The number of amides is 1. The van der Waals surface area contributed by atoms with E-state index < -0.39 is 6.10 Å². The first-order valence-electron chi connectivity index (χ1n) is 10.6. The minimum absolute atomic E-state index is 0.130. The van der Waals surface area contributed by atoms with Crippen molar-refractivity contribution in [2.45, 2.75) is 57.7 Å². The quantitative estimate of drug-likeness (QED) is 0.651. The van der Waals surface area contributed by atoms with Crippen LogP contribution in [0.25, 0.3) is 0 Å². The van der Waals surface area contributed by atoms with Gasteiger partial charge in [-0.15, -0.1) is 0 Å². The van der Waals surface area contributed by atoms with Gasteiger partial charge in [0.15, 0.2) is 5.69 Å². The summed E-state index contributed by atoms with van der Waals surface area (Å²) in [4.78, 5) is 21.2. The molecule has 1 amide bonds. The fourth-order valence-electron chi connectivity index (χ4n) is 3.92. The van der Waals surface area contributed by atoms with Crippen LogP contribution in [0.3, 0.4) is 0 Å². The summed E-state index contributed by atoms with van der Waals surface area (Å²) in [6, 6.07) is 0.271. The summed E-state index contributed by atoms with van der Waals surface area (Å²) in [5.74, 6) is 0.452. The van der Waals surface area contributed by atoms with E-state index >= 15 is 0 Å².